The molecular formula is C22H56. The van der Waals surface area contributed by atoms with Crippen LogP contribution in [0.1, 0.15) is 130 Å². The van der Waals surface area contributed by atoms with Gasteiger partial charge in [-0.25, -0.2) is 0 Å². The van der Waals surface area contributed by atoms with Crippen molar-refractivity contribution in [1.82, 2.24) is 0 Å². The van der Waals surface area contributed by atoms with Crippen LogP contribution in [0.4, 0.5) is 0 Å². The topological polar surface area (TPSA) is 0 Å². The monoisotopic (exact) mass is 320 g/mol. The zero-order chi connectivity index (χ0) is 19.6. The zero-order valence-corrected chi connectivity index (χ0v) is 19.6. The first-order chi connectivity index (χ1) is 10.5. The van der Waals surface area contributed by atoms with E-state index >= 15 is 0 Å². The molecule has 0 spiro atoms. The SMILES string of the molecule is CC.CC.CC.CC.CCC(C)C(C)C(C)C.CCCCC. The Morgan fingerprint density at radius 2 is 0.818 bits per heavy atom. The van der Waals surface area contributed by atoms with Gasteiger partial charge in [-0.1, -0.05) is 130 Å². The molecule has 0 aliphatic rings. The van der Waals surface area contributed by atoms with Crippen molar-refractivity contribution in [2.45, 2.75) is 130 Å². The van der Waals surface area contributed by atoms with Gasteiger partial charge in [-0.15, -0.1) is 0 Å². The van der Waals surface area contributed by atoms with Crippen LogP contribution in [0, 0.1) is 17.8 Å². The molecule has 0 aromatic heterocycles. The van der Waals surface area contributed by atoms with Crippen molar-refractivity contribution in [3.8, 4) is 0 Å². The molecule has 0 aliphatic heterocycles. The summed E-state index contributed by atoms with van der Waals surface area (Å²) in [5.41, 5.74) is 0. The van der Waals surface area contributed by atoms with Gasteiger partial charge in [-0.3, -0.25) is 0 Å². The van der Waals surface area contributed by atoms with Crippen molar-refractivity contribution in [3.63, 3.8) is 0 Å². The van der Waals surface area contributed by atoms with Gasteiger partial charge < -0.3 is 0 Å². The van der Waals surface area contributed by atoms with Gasteiger partial charge in [0.1, 0.15) is 0 Å². The van der Waals surface area contributed by atoms with Crippen LogP contribution in [0.25, 0.3) is 0 Å². The average Bonchev–Trinajstić information content (AvgIpc) is 2.61. The van der Waals surface area contributed by atoms with Gasteiger partial charge in [-0.2, -0.15) is 0 Å². The van der Waals surface area contributed by atoms with Crippen LogP contribution in [0.3, 0.4) is 0 Å². The molecule has 0 saturated carbocycles. The van der Waals surface area contributed by atoms with Crippen LogP contribution < -0.4 is 0 Å². The fourth-order valence-corrected chi connectivity index (χ4v) is 1.38. The number of unbranched alkanes of at least 4 members (excludes halogenated alkanes) is 2. The lowest BCUT2D eigenvalue weighted by Gasteiger charge is -2.21. The van der Waals surface area contributed by atoms with E-state index < -0.39 is 0 Å². The maximum atomic E-state index is 2.35. The normalized spacial score (nSPS) is 10.4. The van der Waals surface area contributed by atoms with Crippen molar-refractivity contribution < 1.29 is 0 Å². The molecule has 0 amide bonds. The second-order valence-corrected chi connectivity index (χ2v) is 4.84. The Labute approximate surface area is 147 Å². The molecule has 0 heterocycles. The Hall–Kier alpha value is 0. The number of hydrogen-bond acceptors (Lipinski definition) is 0. The Kier molecular flexibility index (Phi) is 85.6. The second-order valence-electron chi connectivity index (χ2n) is 4.84. The molecule has 2 atom stereocenters. The van der Waals surface area contributed by atoms with E-state index in [0.29, 0.717) is 0 Å². The van der Waals surface area contributed by atoms with E-state index in [4.69, 9.17) is 0 Å². The summed E-state index contributed by atoms with van der Waals surface area (Å²) >= 11 is 0. The van der Waals surface area contributed by atoms with E-state index in [2.05, 4.69) is 48.5 Å². The van der Waals surface area contributed by atoms with E-state index in [-0.39, 0.29) is 0 Å². The standard InChI is InChI=1S/C9H20.C5H12.4C2H6/c1-6-8(4)9(5)7(2)3;1-3-5-4-2;4*1-2/h7-9H,6H2,1-5H3;3-5H2,1-2H3;4*1-2H3. The highest BCUT2D eigenvalue weighted by Crippen LogP contribution is 2.21. The van der Waals surface area contributed by atoms with Crippen molar-refractivity contribution >= 4 is 0 Å². The maximum absolute atomic E-state index is 2.35. The fourth-order valence-electron chi connectivity index (χ4n) is 1.38. The van der Waals surface area contributed by atoms with E-state index in [1.807, 2.05) is 55.4 Å². The lowest BCUT2D eigenvalue weighted by atomic mass is 9.85. The van der Waals surface area contributed by atoms with Gasteiger partial charge in [0.2, 0.25) is 0 Å². The second kappa shape index (κ2) is 49.7. The Morgan fingerprint density at radius 3 is 0.864 bits per heavy atom. The summed E-state index contributed by atoms with van der Waals surface area (Å²) in [6.07, 6.45) is 5.40. The first-order valence-electron chi connectivity index (χ1n) is 10.5. The molecule has 0 N–H and O–H groups in total. The molecule has 0 heteroatoms. The molecule has 0 aromatic carbocycles. The molecule has 0 radical (unpaired) electrons. The number of rotatable bonds is 5. The lowest BCUT2D eigenvalue weighted by molar-refractivity contribution is 0.289. The summed E-state index contributed by atoms with van der Waals surface area (Å²) in [4.78, 5) is 0. The summed E-state index contributed by atoms with van der Waals surface area (Å²) in [5.74, 6) is 2.62. The van der Waals surface area contributed by atoms with E-state index in [9.17, 15) is 0 Å². The molecule has 144 valence electrons. The minimum absolute atomic E-state index is 0.847. The van der Waals surface area contributed by atoms with E-state index in [0.717, 1.165) is 17.8 Å². The Balaban J connectivity index is -0.0000000420. The van der Waals surface area contributed by atoms with Crippen LogP contribution in [-0.2, 0) is 0 Å². The molecule has 22 heavy (non-hydrogen) atoms. The molecule has 0 aliphatic carbocycles. The summed E-state index contributed by atoms with van der Waals surface area (Å²) in [6.45, 7) is 32.0. The lowest BCUT2D eigenvalue weighted by Crippen LogP contribution is -2.12. The summed E-state index contributed by atoms with van der Waals surface area (Å²) in [5, 5.41) is 0. The Morgan fingerprint density at radius 1 is 0.545 bits per heavy atom. The molecule has 0 rings (SSSR count). The maximum Gasteiger partial charge on any atom is -0.0394 e. The van der Waals surface area contributed by atoms with Gasteiger partial charge in [-0.05, 0) is 17.8 Å². The fraction of sp³-hybridized carbons (Fsp3) is 1.00. The predicted molar refractivity (Wildman–Crippen MR) is 114 cm³/mol. The van der Waals surface area contributed by atoms with Gasteiger partial charge >= 0.3 is 0 Å². The van der Waals surface area contributed by atoms with Crippen LogP contribution in [0.2, 0.25) is 0 Å². The molecule has 2 unspecified atom stereocenters. The minimum Gasteiger partial charge on any atom is -0.0683 e. The smallest absolute Gasteiger partial charge is 0.0394 e. The average molecular weight is 321 g/mol. The van der Waals surface area contributed by atoms with Crippen LogP contribution in [0.5, 0.6) is 0 Å². The third-order valence-corrected chi connectivity index (χ3v) is 3.30. The molecule has 0 nitrogen and oxygen atoms in total. The van der Waals surface area contributed by atoms with Crippen LogP contribution in [-0.4, -0.2) is 0 Å². The highest BCUT2D eigenvalue weighted by Gasteiger charge is 2.12. The van der Waals surface area contributed by atoms with Gasteiger partial charge in [0, 0.05) is 0 Å². The first kappa shape index (κ1) is 37.9. The van der Waals surface area contributed by atoms with Crippen molar-refractivity contribution in [2.75, 3.05) is 0 Å². The van der Waals surface area contributed by atoms with Gasteiger partial charge in [0.15, 0.2) is 0 Å². The molecule has 0 aromatic rings. The molecule has 0 saturated heterocycles. The van der Waals surface area contributed by atoms with E-state index in [1.54, 1.807) is 0 Å². The van der Waals surface area contributed by atoms with Crippen LogP contribution >= 0.6 is 0 Å². The summed E-state index contributed by atoms with van der Waals surface area (Å²) in [6, 6.07) is 0. The van der Waals surface area contributed by atoms with Gasteiger partial charge in [0.05, 0.1) is 0 Å². The molecule has 0 bridgehead atoms. The first-order valence-corrected chi connectivity index (χ1v) is 10.5. The quantitative estimate of drug-likeness (QED) is 0.473. The highest BCUT2D eigenvalue weighted by molar-refractivity contribution is 4.62. The van der Waals surface area contributed by atoms with Crippen molar-refractivity contribution in [1.29, 1.82) is 0 Å². The predicted octanol–water partition coefficient (Wildman–Crippen LogP) is 9.63. The largest absolute Gasteiger partial charge is 0.0683 e. The van der Waals surface area contributed by atoms with E-state index in [1.165, 1.54) is 25.7 Å². The highest BCUT2D eigenvalue weighted by atomic mass is 14.2. The third kappa shape index (κ3) is 50.1. The minimum atomic E-state index is 0.847. The Bertz CT molecular complexity index is 92.2. The molecule has 0 fully saturated rings. The summed E-state index contributed by atoms with van der Waals surface area (Å²) in [7, 11) is 0. The van der Waals surface area contributed by atoms with Crippen LogP contribution in [0.15, 0.2) is 0 Å². The number of hydrogen-bond donors (Lipinski definition) is 0. The van der Waals surface area contributed by atoms with Crippen molar-refractivity contribution in [3.05, 3.63) is 0 Å². The van der Waals surface area contributed by atoms with Gasteiger partial charge in [0.25, 0.3) is 0 Å². The third-order valence-electron chi connectivity index (χ3n) is 3.30. The van der Waals surface area contributed by atoms with Crippen molar-refractivity contribution in [2.24, 2.45) is 17.8 Å². The molecular weight excluding hydrogens is 264 g/mol. The summed E-state index contributed by atoms with van der Waals surface area (Å²) < 4.78 is 0. The zero-order valence-electron chi connectivity index (χ0n) is 19.6.